The van der Waals surface area contributed by atoms with Gasteiger partial charge in [0.25, 0.3) is 5.91 Å². The Morgan fingerprint density at radius 1 is 1.28 bits per heavy atom. The first-order valence-electron chi connectivity index (χ1n) is 8.72. The fourth-order valence-corrected chi connectivity index (χ4v) is 4.49. The molecule has 0 spiro atoms. The van der Waals surface area contributed by atoms with Gasteiger partial charge in [-0.1, -0.05) is 0 Å². The zero-order valence-corrected chi connectivity index (χ0v) is 15.3. The molecule has 0 aromatic carbocycles. The number of sulfonamides is 1. The number of primary sulfonamides is 1. The van der Waals surface area contributed by atoms with Crippen LogP contribution in [0, 0.1) is 12.8 Å². The highest BCUT2D eigenvalue weighted by Crippen LogP contribution is 2.22. The highest BCUT2D eigenvalue weighted by molar-refractivity contribution is 7.89. The quantitative estimate of drug-likeness (QED) is 0.831. The third-order valence-electron chi connectivity index (χ3n) is 4.88. The van der Waals surface area contributed by atoms with Crippen molar-refractivity contribution in [2.24, 2.45) is 11.1 Å². The lowest BCUT2D eigenvalue weighted by Crippen LogP contribution is -2.33. The van der Waals surface area contributed by atoms with Gasteiger partial charge in [0.1, 0.15) is 0 Å². The van der Waals surface area contributed by atoms with E-state index in [1.165, 1.54) is 6.42 Å². The number of carbonyl (C=O) groups is 1. The van der Waals surface area contributed by atoms with Crippen LogP contribution < -0.4 is 10.0 Å². The van der Waals surface area contributed by atoms with Gasteiger partial charge in [-0.05, 0) is 38.5 Å². The molecule has 8 nitrogen and oxygen atoms in total. The lowest BCUT2D eigenvalue weighted by atomic mass is 10.1. The predicted molar refractivity (Wildman–Crippen MR) is 94.8 cm³/mol. The summed E-state index contributed by atoms with van der Waals surface area (Å²) in [5.41, 5.74) is 1.15. The maximum absolute atomic E-state index is 12.7. The highest BCUT2D eigenvalue weighted by atomic mass is 32.2. The number of carbonyl (C=O) groups excluding carboxylic acids is 1. The van der Waals surface area contributed by atoms with Crippen LogP contribution in [0.1, 0.15) is 41.7 Å². The van der Waals surface area contributed by atoms with Gasteiger partial charge in [-0.15, -0.1) is 0 Å². The van der Waals surface area contributed by atoms with Crippen LogP contribution in [-0.4, -0.2) is 61.1 Å². The topological polar surface area (TPSA) is 109 Å². The van der Waals surface area contributed by atoms with Crippen molar-refractivity contribution in [3.05, 3.63) is 17.5 Å². The van der Waals surface area contributed by atoms with Gasteiger partial charge < -0.3 is 9.80 Å². The van der Waals surface area contributed by atoms with Gasteiger partial charge in [0.2, 0.25) is 16.0 Å². The number of nitrogens with two attached hydrogens (primary N) is 1. The standard InChI is InChI=1S/C16H25N5O3S/c1-12-14(9-18-16(19-12)20-6-3-2-4-7-20)15(22)21-8-5-13(10-21)11-25(17,23)24/h9,13H,2-8,10-11H2,1H3,(H2,17,23,24). The first kappa shape index (κ1) is 18.1. The molecule has 2 aliphatic rings. The van der Waals surface area contributed by atoms with Crippen molar-refractivity contribution in [1.82, 2.24) is 14.9 Å². The van der Waals surface area contributed by atoms with Crippen molar-refractivity contribution in [3.63, 3.8) is 0 Å². The summed E-state index contributed by atoms with van der Waals surface area (Å²) in [5, 5.41) is 5.10. The molecule has 2 saturated heterocycles. The van der Waals surface area contributed by atoms with Crippen molar-refractivity contribution < 1.29 is 13.2 Å². The summed E-state index contributed by atoms with van der Waals surface area (Å²) in [6, 6.07) is 0. The smallest absolute Gasteiger partial charge is 0.257 e. The monoisotopic (exact) mass is 367 g/mol. The van der Waals surface area contributed by atoms with E-state index in [4.69, 9.17) is 5.14 Å². The Kier molecular flexibility index (Phi) is 5.24. The number of rotatable bonds is 4. The summed E-state index contributed by atoms with van der Waals surface area (Å²) in [6.45, 7) is 4.66. The molecule has 0 saturated carbocycles. The minimum absolute atomic E-state index is 0.0832. The second kappa shape index (κ2) is 7.25. The second-order valence-corrected chi connectivity index (χ2v) is 8.61. The Balaban J connectivity index is 1.68. The molecule has 0 radical (unpaired) electrons. The fourth-order valence-electron chi connectivity index (χ4n) is 3.56. The number of hydrogen-bond donors (Lipinski definition) is 1. The molecule has 1 aromatic heterocycles. The molecule has 3 rings (SSSR count). The van der Waals surface area contributed by atoms with E-state index < -0.39 is 10.0 Å². The molecule has 3 heterocycles. The third-order valence-corrected chi connectivity index (χ3v) is 5.81. The average Bonchev–Trinajstić information content (AvgIpc) is 3.01. The van der Waals surface area contributed by atoms with Crippen LogP contribution in [0.5, 0.6) is 0 Å². The van der Waals surface area contributed by atoms with Crippen LogP contribution in [0.25, 0.3) is 0 Å². The van der Waals surface area contributed by atoms with E-state index in [1.54, 1.807) is 11.1 Å². The molecule has 0 aliphatic carbocycles. The normalized spacial score (nSPS) is 21.6. The minimum Gasteiger partial charge on any atom is -0.341 e. The predicted octanol–water partition coefficient (Wildman–Crippen LogP) is 0.526. The largest absolute Gasteiger partial charge is 0.341 e. The Morgan fingerprint density at radius 2 is 2.00 bits per heavy atom. The van der Waals surface area contributed by atoms with Crippen molar-refractivity contribution in [2.45, 2.75) is 32.6 Å². The number of aromatic nitrogens is 2. The van der Waals surface area contributed by atoms with Gasteiger partial charge in [0.05, 0.1) is 17.0 Å². The Morgan fingerprint density at radius 3 is 2.64 bits per heavy atom. The lowest BCUT2D eigenvalue weighted by molar-refractivity contribution is 0.0786. The van der Waals surface area contributed by atoms with Gasteiger partial charge in [-0.3, -0.25) is 4.79 Å². The van der Waals surface area contributed by atoms with Crippen LogP contribution in [-0.2, 0) is 10.0 Å². The summed E-state index contributed by atoms with van der Waals surface area (Å²) >= 11 is 0. The number of aryl methyl sites for hydroxylation is 1. The van der Waals surface area contributed by atoms with Crippen molar-refractivity contribution in [2.75, 3.05) is 36.8 Å². The average molecular weight is 367 g/mol. The zero-order chi connectivity index (χ0) is 18.0. The summed E-state index contributed by atoms with van der Waals surface area (Å²) in [5.74, 6) is 0.356. The molecular weight excluding hydrogens is 342 g/mol. The number of likely N-dealkylation sites (tertiary alicyclic amines) is 1. The third kappa shape index (κ3) is 4.46. The Bertz CT molecular complexity index is 746. The van der Waals surface area contributed by atoms with E-state index in [1.807, 2.05) is 6.92 Å². The summed E-state index contributed by atoms with van der Waals surface area (Å²) in [4.78, 5) is 25.4. The summed E-state index contributed by atoms with van der Waals surface area (Å²) < 4.78 is 22.5. The summed E-state index contributed by atoms with van der Waals surface area (Å²) in [7, 11) is -3.52. The molecular formula is C16H25N5O3S. The van der Waals surface area contributed by atoms with Gasteiger partial charge in [-0.25, -0.2) is 23.5 Å². The molecule has 1 amide bonds. The van der Waals surface area contributed by atoms with Crippen LogP contribution >= 0.6 is 0 Å². The van der Waals surface area contributed by atoms with E-state index in [0.29, 0.717) is 36.7 Å². The molecule has 2 N–H and O–H groups in total. The van der Waals surface area contributed by atoms with Crippen LogP contribution in [0.3, 0.4) is 0 Å². The zero-order valence-electron chi connectivity index (χ0n) is 14.5. The van der Waals surface area contributed by atoms with Gasteiger partial charge >= 0.3 is 0 Å². The maximum Gasteiger partial charge on any atom is 0.257 e. The molecule has 1 unspecified atom stereocenters. The van der Waals surface area contributed by atoms with Crippen LogP contribution in [0.2, 0.25) is 0 Å². The van der Waals surface area contributed by atoms with Gasteiger partial charge in [-0.2, -0.15) is 0 Å². The van der Waals surface area contributed by atoms with Crippen molar-refractivity contribution >= 4 is 21.9 Å². The molecule has 2 fully saturated rings. The number of nitrogens with zero attached hydrogens (tertiary/aromatic N) is 4. The first-order chi connectivity index (χ1) is 11.8. The summed E-state index contributed by atoms with van der Waals surface area (Å²) in [6.07, 6.45) is 5.76. The first-order valence-corrected chi connectivity index (χ1v) is 10.4. The van der Waals surface area contributed by atoms with E-state index in [0.717, 1.165) is 25.9 Å². The number of anilines is 1. The molecule has 1 aromatic rings. The van der Waals surface area contributed by atoms with Crippen molar-refractivity contribution in [1.29, 1.82) is 0 Å². The molecule has 1 atom stereocenters. The minimum atomic E-state index is -3.52. The second-order valence-electron chi connectivity index (χ2n) is 6.95. The number of piperidine rings is 1. The molecule has 2 aliphatic heterocycles. The maximum atomic E-state index is 12.7. The number of hydrogen-bond acceptors (Lipinski definition) is 6. The SMILES string of the molecule is Cc1nc(N2CCCCC2)ncc1C(=O)N1CCC(CS(N)(=O)=O)C1. The van der Waals surface area contributed by atoms with Gasteiger partial charge in [0, 0.05) is 32.4 Å². The molecule has 9 heteroatoms. The van der Waals surface area contributed by atoms with E-state index in [2.05, 4.69) is 14.9 Å². The molecule has 25 heavy (non-hydrogen) atoms. The van der Waals surface area contributed by atoms with E-state index >= 15 is 0 Å². The van der Waals surface area contributed by atoms with Crippen LogP contribution in [0.15, 0.2) is 6.20 Å². The van der Waals surface area contributed by atoms with E-state index in [9.17, 15) is 13.2 Å². The van der Waals surface area contributed by atoms with Crippen LogP contribution in [0.4, 0.5) is 5.95 Å². The highest BCUT2D eigenvalue weighted by Gasteiger charge is 2.30. The lowest BCUT2D eigenvalue weighted by Gasteiger charge is -2.27. The van der Waals surface area contributed by atoms with Crippen molar-refractivity contribution in [3.8, 4) is 0 Å². The Labute approximate surface area is 148 Å². The molecule has 0 bridgehead atoms. The fraction of sp³-hybridized carbons (Fsp3) is 0.688. The van der Waals surface area contributed by atoms with Gasteiger partial charge in [0.15, 0.2) is 0 Å². The van der Waals surface area contributed by atoms with E-state index in [-0.39, 0.29) is 17.6 Å². The molecule has 138 valence electrons. The number of amides is 1. The Hall–Kier alpha value is -1.74.